The molecule has 0 saturated carbocycles. The second kappa shape index (κ2) is 13.4. The predicted molar refractivity (Wildman–Crippen MR) is 143 cm³/mol. The second-order valence-corrected chi connectivity index (χ2v) is 8.76. The monoisotopic (exact) mass is 493 g/mol. The molecule has 0 saturated heterocycles. The van der Waals surface area contributed by atoms with E-state index in [2.05, 4.69) is 5.10 Å². The zero-order chi connectivity index (χ0) is 25.0. The Hall–Kier alpha value is -3.51. The maximum Gasteiger partial charge on any atom is 0.260 e. The number of hydrogen-bond acceptors (Lipinski definition) is 5. The molecular formula is C28H32ClN3O3. The van der Waals surface area contributed by atoms with E-state index in [1.807, 2.05) is 68.4 Å². The molecule has 3 rings (SSSR count). The lowest BCUT2D eigenvalue weighted by atomic mass is 10.1. The van der Waals surface area contributed by atoms with E-state index in [4.69, 9.17) is 26.9 Å². The van der Waals surface area contributed by atoms with Crippen LogP contribution in [0, 0.1) is 0 Å². The van der Waals surface area contributed by atoms with Crippen LogP contribution in [0.25, 0.3) is 0 Å². The van der Waals surface area contributed by atoms with Crippen molar-refractivity contribution in [3.05, 3.63) is 88.9 Å². The average molecular weight is 494 g/mol. The number of carbonyl (C=O) groups is 1. The van der Waals surface area contributed by atoms with Crippen LogP contribution >= 0.6 is 11.6 Å². The number of anilines is 1. The standard InChI is InChI=1S/C28H32ClN3O3/c1-21(2)32(23-9-5-3-6-10-23)28(33)26-16-15-25(19-27(26)29)35-18-8-4-7-17-34-24-13-11-22(12-14-24)20-31-30/h3,5-6,9-16,19-21H,4,7-8,17-18,30H2,1-2H3. The molecule has 2 N–H and O–H groups in total. The van der Waals surface area contributed by atoms with E-state index in [1.165, 1.54) is 0 Å². The van der Waals surface area contributed by atoms with Crippen molar-refractivity contribution in [1.82, 2.24) is 0 Å². The third kappa shape index (κ3) is 7.76. The Kier molecular flexibility index (Phi) is 9.99. The van der Waals surface area contributed by atoms with Gasteiger partial charge in [0, 0.05) is 11.7 Å². The van der Waals surface area contributed by atoms with E-state index in [1.54, 1.807) is 29.3 Å². The molecule has 1 amide bonds. The van der Waals surface area contributed by atoms with Gasteiger partial charge in [0.1, 0.15) is 11.5 Å². The van der Waals surface area contributed by atoms with Crippen molar-refractivity contribution in [2.45, 2.75) is 39.2 Å². The van der Waals surface area contributed by atoms with E-state index < -0.39 is 0 Å². The molecule has 0 fully saturated rings. The molecule has 0 spiro atoms. The first-order valence-corrected chi connectivity index (χ1v) is 12.1. The van der Waals surface area contributed by atoms with E-state index in [0.717, 1.165) is 36.3 Å². The number of amides is 1. The maximum atomic E-state index is 13.2. The number of carbonyl (C=O) groups excluding carboxylic acids is 1. The number of benzene rings is 3. The number of hydrazone groups is 1. The summed E-state index contributed by atoms with van der Waals surface area (Å²) in [6, 6.07) is 22.4. The van der Waals surface area contributed by atoms with Crippen LogP contribution in [0.2, 0.25) is 5.02 Å². The number of ether oxygens (including phenoxy) is 2. The zero-order valence-electron chi connectivity index (χ0n) is 20.2. The summed E-state index contributed by atoms with van der Waals surface area (Å²) in [5, 5.41) is 3.88. The molecule has 7 heteroatoms. The lowest BCUT2D eigenvalue weighted by Gasteiger charge is -2.27. The quantitative estimate of drug-likeness (QED) is 0.139. The van der Waals surface area contributed by atoms with Crippen LogP contribution in [0.1, 0.15) is 49.0 Å². The Bertz CT molecular complexity index is 1100. The van der Waals surface area contributed by atoms with Crippen molar-refractivity contribution in [1.29, 1.82) is 0 Å². The summed E-state index contributed by atoms with van der Waals surface area (Å²) in [6.07, 6.45) is 4.38. The third-order valence-electron chi connectivity index (χ3n) is 5.37. The predicted octanol–water partition coefficient (Wildman–Crippen LogP) is 6.32. The van der Waals surface area contributed by atoms with Gasteiger partial charge in [-0.25, -0.2) is 0 Å². The minimum absolute atomic E-state index is 0.00847. The number of nitrogens with zero attached hydrogens (tertiary/aromatic N) is 2. The van der Waals surface area contributed by atoms with Gasteiger partial charge in [0.15, 0.2) is 0 Å². The molecule has 0 heterocycles. The van der Waals surface area contributed by atoms with Crippen LogP contribution < -0.4 is 20.2 Å². The third-order valence-corrected chi connectivity index (χ3v) is 5.68. The minimum atomic E-state index is -0.134. The Labute approximate surface area is 212 Å². The number of para-hydroxylation sites is 1. The molecule has 35 heavy (non-hydrogen) atoms. The van der Waals surface area contributed by atoms with Gasteiger partial charge in [0.05, 0.1) is 30.0 Å². The fourth-order valence-corrected chi connectivity index (χ4v) is 3.88. The fourth-order valence-electron chi connectivity index (χ4n) is 3.62. The highest BCUT2D eigenvalue weighted by Crippen LogP contribution is 2.27. The van der Waals surface area contributed by atoms with Gasteiger partial charge in [-0.2, -0.15) is 5.10 Å². The van der Waals surface area contributed by atoms with Crippen molar-refractivity contribution in [3.8, 4) is 11.5 Å². The van der Waals surface area contributed by atoms with E-state index in [0.29, 0.717) is 29.5 Å². The van der Waals surface area contributed by atoms with Crippen molar-refractivity contribution < 1.29 is 14.3 Å². The van der Waals surface area contributed by atoms with Crippen molar-refractivity contribution in [3.63, 3.8) is 0 Å². The summed E-state index contributed by atoms with van der Waals surface area (Å²) >= 11 is 6.47. The summed E-state index contributed by atoms with van der Waals surface area (Å²) in [5.41, 5.74) is 2.23. The van der Waals surface area contributed by atoms with Gasteiger partial charge in [-0.1, -0.05) is 29.8 Å². The molecule has 0 aromatic heterocycles. The van der Waals surface area contributed by atoms with Crippen LogP contribution in [-0.4, -0.2) is 31.4 Å². The van der Waals surface area contributed by atoms with Crippen molar-refractivity contribution >= 4 is 29.4 Å². The first-order chi connectivity index (χ1) is 17.0. The normalized spacial score (nSPS) is 11.1. The SMILES string of the molecule is CC(C)N(C(=O)c1ccc(OCCCCCOc2ccc(C=NN)cc2)cc1Cl)c1ccccc1. The topological polar surface area (TPSA) is 77.2 Å². The molecule has 3 aromatic carbocycles. The van der Waals surface area contributed by atoms with Crippen LogP contribution in [0.3, 0.4) is 0 Å². The molecule has 0 aliphatic carbocycles. The van der Waals surface area contributed by atoms with Gasteiger partial charge in [-0.15, -0.1) is 0 Å². The van der Waals surface area contributed by atoms with Crippen LogP contribution in [-0.2, 0) is 0 Å². The Morgan fingerprint density at radius 1 is 0.943 bits per heavy atom. The van der Waals surface area contributed by atoms with Gasteiger partial charge in [-0.05, 0) is 93.3 Å². The van der Waals surface area contributed by atoms with Gasteiger partial charge in [0.25, 0.3) is 5.91 Å². The molecule has 0 unspecified atom stereocenters. The number of nitrogens with two attached hydrogens (primary N) is 1. The molecule has 0 aliphatic rings. The fraction of sp³-hybridized carbons (Fsp3) is 0.286. The highest BCUT2D eigenvalue weighted by atomic mass is 35.5. The van der Waals surface area contributed by atoms with Gasteiger partial charge >= 0.3 is 0 Å². The summed E-state index contributed by atoms with van der Waals surface area (Å²) < 4.78 is 11.6. The molecule has 184 valence electrons. The van der Waals surface area contributed by atoms with Gasteiger partial charge in [-0.3, -0.25) is 4.79 Å². The Balaban J connectivity index is 1.43. The van der Waals surface area contributed by atoms with Crippen molar-refractivity contribution in [2.24, 2.45) is 10.9 Å². The highest BCUT2D eigenvalue weighted by molar-refractivity contribution is 6.34. The first-order valence-electron chi connectivity index (χ1n) is 11.8. The van der Waals surface area contributed by atoms with Crippen LogP contribution in [0.4, 0.5) is 5.69 Å². The van der Waals surface area contributed by atoms with Gasteiger partial charge < -0.3 is 20.2 Å². The lowest BCUT2D eigenvalue weighted by molar-refractivity contribution is 0.0980. The summed E-state index contributed by atoms with van der Waals surface area (Å²) in [7, 11) is 0. The van der Waals surface area contributed by atoms with E-state index in [9.17, 15) is 4.79 Å². The lowest BCUT2D eigenvalue weighted by Crippen LogP contribution is -2.37. The average Bonchev–Trinajstić information content (AvgIpc) is 2.85. The number of unbranched alkanes of at least 4 members (excludes halogenated alkanes) is 2. The molecule has 0 aliphatic heterocycles. The summed E-state index contributed by atoms with van der Waals surface area (Å²) in [5.74, 6) is 6.49. The minimum Gasteiger partial charge on any atom is -0.494 e. The van der Waals surface area contributed by atoms with Crippen LogP contribution in [0.15, 0.2) is 77.9 Å². The van der Waals surface area contributed by atoms with Gasteiger partial charge in [0.2, 0.25) is 0 Å². The number of halogens is 1. The first kappa shape index (κ1) is 26.1. The van der Waals surface area contributed by atoms with E-state index in [-0.39, 0.29) is 11.9 Å². The molecule has 0 bridgehead atoms. The highest BCUT2D eigenvalue weighted by Gasteiger charge is 2.22. The van der Waals surface area contributed by atoms with Crippen molar-refractivity contribution in [2.75, 3.05) is 18.1 Å². The molecule has 0 atom stereocenters. The molecule has 0 radical (unpaired) electrons. The summed E-state index contributed by atoms with van der Waals surface area (Å²) in [6.45, 7) is 5.17. The molecule has 6 nitrogen and oxygen atoms in total. The molecular weight excluding hydrogens is 462 g/mol. The maximum absolute atomic E-state index is 13.2. The van der Waals surface area contributed by atoms with Crippen LogP contribution in [0.5, 0.6) is 11.5 Å². The smallest absolute Gasteiger partial charge is 0.260 e. The largest absolute Gasteiger partial charge is 0.494 e. The molecule has 3 aromatic rings. The second-order valence-electron chi connectivity index (χ2n) is 8.35. The zero-order valence-corrected chi connectivity index (χ0v) is 20.9. The van der Waals surface area contributed by atoms with E-state index >= 15 is 0 Å². The Morgan fingerprint density at radius 3 is 2.17 bits per heavy atom. The number of rotatable bonds is 12. The number of hydrogen-bond donors (Lipinski definition) is 1. The summed E-state index contributed by atoms with van der Waals surface area (Å²) in [4.78, 5) is 14.9. The Morgan fingerprint density at radius 2 is 1.57 bits per heavy atom.